The molecule has 1 aromatic carbocycles. The fourth-order valence-electron chi connectivity index (χ4n) is 3.90. The second kappa shape index (κ2) is 9.80. The van der Waals surface area contributed by atoms with Crippen molar-refractivity contribution >= 4 is 50.4 Å². The van der Waals surface area contributed by atoms with Gasteiger partial charge in [-0.1, -0.05) is 0 Å². The first-order chi connectivity index (χ1) is 16.6. The van der Waals surface area contributed by atoms with E-state index in [9.17, 15) is 9.59 Å². The highest BCUT2D eigenvalue weighted by Gasteiger charge is 2.27. The molecule has 1 saturated heterocycles. The minimum absolute atomic E-state index is 0.174. The summed E-state index contributed by atoms with van der Waals surface area (Å²) in [5, 5.41) is 3.74. The van der Waals surface area contributed by atoms with E-state index in [0.29, 0.717) is 54.2 Å². The zero-order valence-corrected chi connectivity index (χ0v) is 21.7. The summed E-state index contributed by atoms with van der Waals surface area (Å²) in [7, 11) is 0. The molecule has 1 aliphatic rings. The van der Waals surface area contributed by atoms with Crippen molar-refractivity contribution in [3.8, 4) is 0 Å². The first-order valence-electron chi connectivity index (χ1n) is 11.4. The van der Waals surface area contributed by atoms with E-state index in [0.717, 1.165) is 5.39 Å². The van der Waals surface area contributed by atoms with Crippen molar-refractivity contribution in [3.63, 3.8) is 0 Å². The number of fused-ring (bicyclic) bond motifs is 1. The van der Waals surface area contributed by atoms with E-state index >= 15 is 4.39 Å². The Balaban J connectivity index is 1.47. The number of hydrogen-bond acceptors (Lipinski definition) is 7. The number of carbonyl (C=O) groups excluding carboxylic acids is 1. The molecule has 1 amide bonds. The van der Waals surface area contributed by atoms with Gasteiger partial charge < -0.3 is 19.9 Å². The number of amides is 1. The molecule has 1 N–H and O–H groups in total. The SMILES string of the molecule is CCn1c(=O)c(Br)cc2cnc(Nc3ccc(N4CCN(C(=O)OC(C)(C)C)CC4)c(F)c3)nc21. The number of piperazine rings is 1. The Morgan fingerprint density at radius 3 is 2.54 bits per heavy atom. The van der Waals surface area contributed by atoms with Crippen LogP contribution in [0.5, 0.6) is 0 Å². The van der Waals surface area contributed by atoms with Gasteiger partial charge in [-0.05, 0) is 67.9 Å². The minimum atomic E-state index is -0.553. The van der Waals surface area contributed by atoms with E-state index in [4.69, 9.17) is 4.74 Å². The van der Waals surface area contributed by atoms with Crippen LogP contribution in [0.1, 0.15) is 27.7 Å². The van der Waals surface area contributed by atoms with Gasteiger partial charge in [0, 0.05) is 50.0 Å². The van der Waals surface area contributed by atoms with Gasteiger partial charge in [0.25, 0.3) is 5.56 Å². The molecule has 2 aromatic heterocycles. The topological polar surface area (TPSA) is 92.6 Å². The standard InChI is InChI=1S/C24H28BrFN6O3/c1-5-32-20-15(12-17(25)21(32)33)14-27-22(29-20)28-16-6-7-19(18(26)13-16)30-8-10-31(11-9-30)23(34)35-24(2,3)4/h6-7,12-14H,5,8-11H2,1-4H3,(H,27,28,29). The van der Waals surface area contributed by atoms with Crippen LogP contribution < -0.4 is 15.8 Å². The molecule has 186 valence electrons. The highest BCUT2D eigenvalue weighted by atomic mass is 79.9. The highest BCUT2D eigenvalue weighted by Crippen LogP contribution is 2.26. The molecule has 1 aliphatic heterocycles. The van der Waals surface area contributed by atoms with Crippen molar-refractivity contribution in [2.75, 3.05) is 36.4 Å². The van der Waals surface area contributed by atoms with Crippen LogP contribution in [0, 0.1) is 5.82 Å². The average Bonchev–Trinajstić information content (AvgIpc) is 2.79. The third kappa shape index (κ3) is 5.55. The smallest absolute Gasteiger partial charge is 0.410 e. The number of halogens is 2. The first-order valence-corrected chi connectivity index (χ1v) is 12.2. The fourth-order valence-corrected chi connectivity index (χ4v) is 4.36. The maximum absolute atomic E-state index is 15.0. The molecule has 11 heteroatoms. The zero-order chi connectivity index (χ0) is 25.3. The Labute approximate surface area is 211 Å². The summed E-state index contributed by atoms with van der Waals surface area (Å²) < 4.78 is 22.4. The summed E-state index contributed by atoms with van der Waals surface area (Å²) in [6.45, 7) is 9.72. The zero-order valence-electron chi connectivity index (χ0n) is 20.1. The molecule has 0 aliphatic carbocycles. The van der Waals surface area contributed by atoms with Crippen LogP contribution in [-0.2, 0) is 11.3 Å². The van der Waals surface area contributed by atoms with Crippen molar-refractivity contribution in [2.45, 2.75) is 39.8 Å². The number of ether oxygens (including phenoxy) is 1. The molecular formula is C24H28BrFN6O3. The average molecular weight is 547 g/mol. The molecule has 3 aromatic rings. The van der Waals surface area contributed by atoms with Crippen molar-refractivity contribution in [3.05, 3.63) is 51.1 Å². The maximum Gasteiger partial charge on any atom is 0.410 e. The fraction of sp³-hybridized carbons (Fsp3) is 0.417. The van der Waals surface area contributed by atoms with Gasteiger partial charge in [-0.2, -0.15) is 4.98 Å². The van der Waals surface area contributed by atoms with E-state index < -0.39 is 11.4 Å². The number of carbonyl (C=O) groups is 1. The number of nitrogens with one attached hydrogen (secondary N) is 1. The molecule has 0 unspecified atom stereocenters. The van der Waals surface area contributed by atoms with Crippen LogP contribution in [0.4, 0.5) is 26.5 Å². The summed E-state index contributed by atoms with van der Waals surface area (Å²) in [6, 6.07) is 6.52. The van der Waals surface area contributed by atoms with Crippen LogP contribution in [0.2, 0.25) is 0 Å². The number of anilines is 3. The third-order valence-electron chi connectivity index (χ3n) is 5.58. The van der Waals surface area contributed by atoms with E-state index in [1.54, 1.807) is 33.9 Å². The van der Waals surface area contributed by atoms with E-state index in [1.807, 2.05) is 32.6 Å². The van der Waals surface area contributed by atoms with Gasteiger partial charge in [0.1, 0.15) is 17.1 Å². The summed E-state index contributed by atoms with van der Waals surface area (Å²) in [4.78, 5) is 37.0. The number of rotatable bonds is 4. The Bertz CT molecular complexity index is 1320. The molecule has 9 nitrogen and oxygen atoms in total. The predicted molar refractivity (Wildman–Crippen MR) is 137 cm³/mol. The molecule has 0 bridgehead atoms. The summed E-state index contributed by atoms with van der Waals surface area (Å²) in [5.74, 6) is -0.129. The van der Waals surface area contributed by atoms with Gasteiger partial charge in [-0.15, -0.1) is 0 Å². The molecule has 0 atom stereocenters. The monoisotopic (exact) mass is 546 g/mol. The number of nitrogens with zero attached hydrogens (tertiary/aromatic N) is 5. The summed E-state index contributed by atoms with van der Waals surface area (Å²) in [5.41, 5.74) is 0.719. The number of aryl methyl sites for hydroxylation is 1. The van der Waals surface area contributed by atoms with Crippen LogP contribution in [0.25, 0.3) is 11.0 Å². The van der Waals surface area contributed by atoms with Crippen molar-refractivity contribution in [2.24, 2.45) is 0 Å². The normalized spacial score (nSPS) is 14.3. The lowest BCUT2D eigenvalue weighted by Crippen LogP contribution is -2.50. The van der Waals surface area contributed by atoms with Crippen LogP contribution in [0.3, 0.4) is 0 Å². The van der Waals surface area contributed by atoms with E-state index in [2.05, 4.69) is 31.2 Å². The van der Waals surface area contributed by atoms with E-state index in [-0.39, 0.29) is 17.6 Å². The summed E-state index contributed by atoms with van der Waals surface area (Å²) >= 11 is 3.27. The molecule has 35 heavy (non-hydrogen) atoms. The number of benzene rings is 1. The molecule has 3 heterocycles. The van der Waals surface area contributed by atoms with Gasteiger partial charge >= 0.3 is 6.09 Å². The molecule has 0 spiro atoms. The molecule has 1 fully saturated rings. The van der Waals surface area contributed by atoms with Crippen LogP contribution in [0.15, 0.2) is 39.7 Å². The third-order valence-corrected chi connectivity index (χ3v) is 6.14. The Morgan fingerprint density at radius 2 is 1.91 bits per heavy atom. The summed E-state index contributed by atoms with van der Waals surface area (Å²) in [6.07, 6.45) is 1.27. The second-order valence-electron chi connectivity index (χ2n) is 9.26. The van der Waals surface area contributed by atoms with E-state index in [1.165, 1.54) is 6.07 Å². The first kappa shape index (κ1) is 24.9. The van der Waals surface area contributed by atoms with Gasteiger partial charge in [0.05, 0.1) is 10.2 Å². The van der Waals surface area contributed by atoms with Gasteiger partial charge in [0.2, 0.25) is 5.95 Å². The van der Waals surface area contributed by atoms with Gasteiger partial charge in [-0.3, -0.25) is 9.36 Å². The predicted octanol–water partition coefficient (Wildman–Crippen LogP) is 4.51. The number of pyridine rings is 1. The minimum Gasteiger partial charge on any atom is -0.444 e. The Kier molecular flexibility index (Phi) is 6.98. The highest BCUT2D eigenvalue weighted by molar-refractivity contribution is 9.10. The Hall–Kier alpha value is -3.21. The van der Waals surface area contributed by atoms with Crippen molar-refractivity contribution in [1.82, 2.24) is 19.4 Å². The van der Waals surface area contributed by atoms with Crippen molar-refractivity contribution < 1.29 is 13.9 Å². The van der Waals surface area contributed by atoms with Crippen molar-refractivity contribution in [1.29, 1.82) is 0 Å². The lowest BCUT2D eigenvalue weighted by atomic mass is 10.2. The Morgan fingerprint density at radius 1 is 1.20 bits per heavy atom. The molecule has 0 radical (unpaired) electrons. The largest absolute Gasteiger partial charge is 0.444 e. The quantitative estimate of drug-likeness (QED) is 0.514. The number of aromatic nitrogens is 3. The second-order valence-corrected chi connectivity index (χ2v) is 10.1. The lowest BCUT2D eigenvalue weighted by molar-refractivity contribution is 0.0240. The molecular weight excluding hydrogens is 519 g/mol. The molecule has 0 saturated carbocycles. The maximum atomic E-state index is 15.0. The van der Waals surface area contributed by atoms with Gasteiger partial charge in [-0.25, -0.2) is 14.2 Å². The van der Waals surface area contributed by atoms with Crippen LogP contribution >= 0.6 is 15.9 Å². The molecule has 4 rings (SSSR count). The number of hydrogen-bond donors (Lipinski definition) is 1. The lowest BCUT2D eigenvalue weighted by Gasteiger charge is -2.36. The van der Waals surface area contributed by atoms with Gasteiger partial charge in [0.15, 0.2) is 0 Å². The van der Waals surface area contributed by atoms with Crippen LogP contribution in [-0.4, -0.2) is 57.3 Å².